The lowest BCUT2D eigenvalue weighted by Gasteiger charge is -2.11. The summed E-state index contributed by atoms with van der Waals surface area (Å²) in [7, 11) is 1.60. The van der Waals surface area contributed by atoms with Gasteiger partial charge in [-0.25, -0.2) is 4.99 Å². The van der Waals surface area contributed by atoms with Crippen LogP contribution in [0.4, 0.5) is 0 Å². The van der Waals surface area contributed by atoms with E-state index >= 15 is 0 Å². The van der Waals surface area contributed by atoms with Gasteiger partial charge in [-0.2, -0.15) is 0 Å². The Hall–Kier alpha value is -2.08. The van der Waals surface area contributed by atoms with Gasteiger partial charge >= 0.3 is 0 Å². The maximum absolute atomic E-state index is 11.6. The molecule has 0 radical (unpaired) electrons. The Morgan fingerprint density at radius 2 is 1.95 bits per heavy atom. The van der Waals surface area contributed by atoms with Gasteiger partial charge < -0.3 is 20.7 Å². The lowest BCUT2D eigenvalue weighted by Crippen LogP contribution is -2.43. The maximum atomic E-state index is 11.6. The number of ether oxygens (including phenoxy) is 1. The van der Waals surface area contributed by atoms with E-state index in [1.165, 1.54) is 0 Å². The molecule has 1 amide bonds. The highest BCUT2D eigenvalue weighted by Crippen LogP contribution is 1.99. The first-order valence-electron chi connectivity index (χ1n) is 7.08. The fourth-order valence-electron chi connectivity index (χ4n) is 1.61. The third-order valence-corrected chi connectivity index (χ3v) is 2.65. The summed E-state index contributed by atoms with van der Waals surface area (Å²) in [6.07, 6.45) is 0. The van der Waals surface area contributed by atoms with Crippen LogP contribution in [0, 0.1) is 0 Å². The van der Waals surface area contributed by atoms with Gasteiger partial charge in [0.15, 0.2) is 5.96 Å². The van der Waals surface area contributed by atoms with Gasteiger partial charge in [0.25, 0.3) is 0 Å². The molecule has 3 N–H and O–H groups in total. The van der Waals surface area contributed by atoms with Crippen molar-refractivity contribution in [2.24, 2.45) is 4.99 Å². The van der Waals surface area contributed by atoms with Gasteiger partial charge in [0, 0.05) is 20.2 Å². The van der Waals surface area contributed by atoms with Crippen molar-refractivity contribution in [1.29, 1.82) is 0 Å². The van der Waals surface area contributed by atoms with Crippen molar-refractivity contribution in [2.75, 3.05) is 33.4 Å². The van der Waals surface area contributed by atoms with Crippen molar-refractivity contribution in [3.8, 4) is 0 Å². The molecule has 0 saturated carbocycles. The van der Waals surface area contributed by atoms with Crippen LogP contribution in [0.25, 0.3) is 0 Å². The first kappa shape index (κ1) is 17.0. The normalized spacial score (nSPS) is 11.0. The molecule has 1 rings (SSSR count). The molecular formula is C15H24N4O2. The van der Waals surface area contributed by atoms with Crippen LogP contribution in [0.1, 0.15) is 12.5 Å². The Labute approximate surface area is 126 Å². The predicted octanol–water partition coefficient (Wildman–Crippen LogP) is 0.504. The topological polar surface area (TPSA) is 74.8 Å². The lowest BCUT2D eigenvalue weighted by atomic mass is 10.2. The van der Waals surface area contributed by atoms with E-state index in [4.69, 9.17) is 4.74 Å². The van der Waals surface area contributed by atoms with Crippen LogP contribution in [-0.2, 0) is 16.1 Å². The van der Waals surface area contributed by atoms with Crippen molar-refractivity contribution in [3.63, 3.8) is 0 Å². The van der Waals surface area contributed by atoms with Gasteiger partial charge in [0.1, 0.15) is 0 Å². The van der Waals surface area contributed by atoms with E-state index in [1.807, 2.05) is 37.3 Å². The summed E-state index contributed by atoms with van der Waals surface area (Å²) in [6.45, 7) is 4.50. The third kappa shape index (κ3) is 7.94. The number of carbonyl (C=O) groups excluding carboxylic acids is 1. The number of hydrogen-bond donors (Lipinski definition) is 3. The van der Waals surface area contributed by atoms with Gasteiger partial charge in [-0.15, -0.1) is 0 Å². The number of hydrogen-bond acceptors (Lipinski definition) is 3. The van der Waals surface area contributed by atoms with E-state index in [-0.39, 0.29) is 12.5 Å². The number of rotatable bonds is 8. The Balaban J connectivity index is 2.40. The Morgan fingerprint density at radius 3 is 2.62 bits per heavy atom. The SMILES string of the molecule is CCNC(=NCc1ccccc1)NCC(=O)NCCOC. The number of carbonyl (C=O) groups is 1. The van der Waals surface area contributed by atoms with Crippen molar-refractivity contribution < 1.29 is 9.53 Å². The molecule has 0 aliphatic rings. The summed E-state index contributed by atoms with van der Waals surface area (Å²) >= 11 is 0. The van der Waals surface area contributed by atoms with Crippen molar-refractivity contribution in [3.05, 3.63) is 35.9 Å². The van der Waals surface area contributed by atoms with Crippen LogP contribution < -0.4 is 16.0 Å². The van der Waals surface area contributed by atoms with E-state index in [1.54, 1.807) is 7.11 Å². The van der Waals surface area contributed by atoms with Gasteiger partial charge in [-0.05, 0) is 12.5 Å². The minimum absolute atomic E-state index is 0.0858. The first-order chi connectivity index (χ1) is 10.3. The summed E-state index contributed by atoms with van der Waals surface area (Å²) in [6, 6.07) is 9.97. The van der Waals surface area contributed by atoms with E-state index < -0.39 is 0 Å². The highest BCUT2D eigenvalue weighted by molar-refractivity contribution is 5.86. The number of methoxy groups -OCH3 is 1. The summed E-state index contributed by atoms with van der Waals surface area (Å²) in [5, 5.41) is 8.86. The van der Waals surface area contributed by atoms with Crippen LogP contribution >= 0.6 is 0 Å². The quantitative estimate of drug-likeness (QED) is 0.371. The van der Waals surface area contributed by atoms with E-state index in [9.17, 15) is 4.79 Å². The zero-order valence-electron chi connectivity index (χ0n) is 12.7. The van der Waals surface area contributed by atoms with Gasteiger partial charge in [0.2, 0.25) is 5.91 Å². The summed E-state index contributed by atoms with van der Waals surface area (Å²) in [4.78, 5) is 16.0. The summed E-state index contributed by atoms with van der Waals surface area (Å²) in [5.74, 6) is 0.542. The number of nitrogens with zero attached hydrogens (tertiary/aromatic N) is 1. The van der Waals surface area contributed by atoms with Gasteiger partial charge in [0.05, 0.1) is 19.7 Å². The first-order valence-corrected chi connectivity index (χ1v) is 7.08. The molecule has 0 atom stereocenters. The lowest BCUT2D eigenvalue weighted by molar-refractivity contribution is -0.120. The second-order valence-electron chi connectivity index (χ2n) is 4.38. The molecule has 0 bridgehead atoms. The molecule has 0 aromatic heterocycles. The molecule has 116 valence electrons. The molecule has 0 fully saturated rings. The van der Waals surface area contributed by atoms with E-state index in [2.05, 4.69) is 20.9 Å². The Kier molecular flexibility index (Phi) is 8.63. The smallest absolute Gasteiger partial charge is 0.239 e. The third-order valence-electron chi connectivity index (χ3n) is 2.65. The molecule has 0 aliphatic heterocycles. The fourth-order valence-corrected chi connectivity index (χ4v) is 1.61. The van der Waals surface area contributed by atoms with Gasteiger partial charge in [-0.1, -0.05) is 30.3 Å². The van der Waals surface area contributed by atoms with Crippen LogP contribution in [-0.4, -0.2) is 45.2 Å². The minimum atomic E-state index is -0.0858. The van der Waals surface area contributed by atoms with Crippen LogP contribution in [0.15, 0.2) is 35.3 Å². The molecule has 0 spiro atoms. The van der Waals surface area contributed by atoms with Crippen LogP contribution in [0.2, 0.25) is 0 Å². The van der Waals surface area contributed by atoms with Crippen molar-refractivity contribution >= 4 is 11.9 Å². The number of nitrogens with one attached hydrogen (secondary N) is 3. The monoisotopic (exact) mass is 292 g/mol. The van der Waals surface area contributed by atoms with Crippen LogP contribution in [0.5, 0.6) is 0 Å². The maximum Gasteiger partial charge on any atom is 0.239 e. The summed E-state index contributed by atoms with van der Waals surface area (Å²) in [5.41, 5.74) is 1.12. The highest BCUT2D eigenvalue weighted by atomic mass is 16.5. The van der Waals surface area contributed by atoms with Gasteiger partial charge in [-0.3, -0.25) is 4.79 Å². The highest BCUT2D eigenvalue weighted by Gasteiger charge is 2.02. The molecule has 6 nitrogen and oxygen atoms in total. The average molecular weight is 292 g/mol. The minimum Gasteiger partial charge on any atom is -0.383 e. The molecule has 6 heteroatoms. The fraction of sp³-hybridized carbons (Fsp3) is 0.467. The van der Waals surface area contributed by atoms with Crippen molar-refractivity contribution in [2.45, 2.75) is 13.5 Å². The number of amides is 1. The van der Waals surface area contributed by atoms with E-state index in [0.29, 0.717) is 25.7 Å². The molecule has 0 aliphatic carbocycles. The van der Waals surface area contributed by atoms with E-state index in [0.717, 1.165) is 12.1 Å². The predicted molar refractivity (Wildman–Crippen MR) is 84.1 cm³/mol. The van der Waals surface area contributed by atoms with Crippen molar-refractivity contribution in [1.82, 2.24) is 16.0 Å². The zero-order chi connectivity index (χ0) is 15.3. The number of benzene rings is 1. The molecular weight excluding hydrogens is 268 g/mol. The second kappa shape index (κ2) is 10.7. The second-order valence-corrected chi connectivity index (χ2v) is 4.38. The largest absolute Gasteiger partial charge is 0.383 e. The molecule has 0 unspecified atom stereocenters. The summed E-state index contributed by atoms with van der Waals surface area (Å²) < 4.78 is 4.87. The molecule has 1 aromatic rings. The molecule has 0 saturated heterocycles. The average Bonchev–Trinajstić information content (AvgIpc) is 2.51. The molecule has 0 heterocycles. The van der Waals surface area contributed by atoms with Crippen LogP contribution in [0.3, 0.4) is 0 Å². The Bertz CT molecular complexity index is 435. The standard InChI is InChI=1S/C15H24N4O2/c1-3-16-15(18-11-13-7-5-4-6-8-13)19-12-14(20)17-9-10-21-2/h4-8H,3,9-12H2,1-2H3,(H,17,20)(H2,16,18,19). The number of guanidine groups is 1. The Morgan fingerprint density at radius 1 is 1.19 bits per heavy atom. The molecule has 21 heavy (non-hydrogen) atoms. The zero-order valence-corrected chi connectivity index (χ0v) is 12.7. The number of aliphatic imine (C=N–C) groups is 1. The molecule has 1 aromatic carbocycles.